The van der Waals surface area contributed by atoms with E-state index in [2.05, 4.69) is 24.1 Å². The Hall–Kier alpha value is -0.610. The van der Waals surface area contributed by atoms with E-state index >= 15 is 0 Å². The molecule has 0 aromatic heterocycles. The van der Waals surface area contributed by atoms with Crippen LogP contribution in [0.5, 0.6) is 0 Å². The molecule has 2 unspecified atom stereocenters. The van der Waals surface area contributed by atoms with E-state index in [-0.39, 0.29) is 11.9 Å². The minimum atomic E-state index is -0.445. The molecule has 0 rings (SSSR count). The van der Waals surface area contributed by atoms with Gasteiger partial charge in [0, 0.05) is 19.1 Å². The molecule has 0 spiro atoms. The van der Waals surface area contributed by atoms with Gasteiger partial charge in [-0.05, 0) is 33.4 Å². The van der Waals surface area contributed by atoms with Crippen LogP contribution in [-0.4, -0.2) is 44.0 Å². The third kappa shape index (κ3) is 5.04. The molecule has 0 aromatic carbocycles. The van der Waals surface area contributed by atoms with Crippen molar-refractivity contribution < 1.29 is 4.79 Å². The lowest BCUT2D eigenvalue weighted by Crippen LogP contribution is -2.51. The lowest BCUT2D eigenvalue weighted by Gasteiger charge is -2.31. The third-order valence-electron chi connectivity index (χ3n) is 3.46. The van der Waals surface area contributed by atoms with Crippen molar-refractivity contribution in [3.8, 4) is 0 Å². The smallest absolute Gasteiger partial charge is 0.227 e. The van der Waals surface area contributed by atoms with Gasteiger partial charge in [0.25, 0.3) is 0 Å². The summed E-state index contributed by atoms with van der Waals surface area (Å²) in [5.41, 5.74) is 5.26. The van der Waals surface area contributed by atoms with E-state index in [9.17, 15) is 4.79 Å². The summed E-state index contributed by atoms with van der Waals surface area (Å²) in [7, 11) is 4.03. The molecule has 0 aliphatic rings. The first-order chi connectivity index (χ1) is 7.76. The van der Waals surface area contributed by atoms with E-state index in [0.29, 0.717) is 12.5 Å². The van der Waals surface area contributed by atoms with Gasteiger partial charge in [0.2, 0.25) is 5.91 Å². The summed E-state index contributed by atoms with van der Waals surface area (Å²) in [5, 5.41) is 3.13. The maximum atomic E-state index is 12.2. The summed E-state index contributed by atoms with van der Waals surface area (Å²) in [6.45, 7) is 9.42. The molecule has 0 radical (unpaired) electrons. The molecule has 0 aromatic rings. The molecule has 4 nitrogen and oxygen atoms in total. The molecule has 4 heteroatoms. The van der Waals surface area contributed by atoms with Crippen LogP contribution in [0.25, 0.3) is 0 Å². The molecule has 3 N–H and O–H groups in total. The van der Waals surface area contributed by atoms with Crippen LogP contribution in [-0.2, 0) is 4.79 Å². The van der Waals surface area contributed by atoms with Crippen LogP contribution in [0.2, 0.25) is 0 Å². The molecule has 0 saturated carbocycles. The van der Waals surface area contributed by atoms with E-state index in [4.69, 9.17) is 5.73 Å². The van der Waals surface area contributed by atoms with Crippen molar-refractivity contribution in [3.05, 3.63) is 0 Å². The summed E-state index contributed by atoms with van der Waals surface area (Å²) < 4.78 is 0. The second-order valence-electron chi connectivity index (χ2n) is 5.70. The Kier molecular flexibility index (Phi) is 6.72. The summed E-state index contributed by atoms with van der Waals surface area (Å²) in [6, 6.07) is 0.176. The number of carbonyl (C=O) groups excluding carboxylic acids is 1. The van der Waals surface area contributed by atoms with Gasteiger partial charge in [-0.25, -0.2) is 0 Å². The van der Waals surface area contributed by atoms with Crippen LogP contribution in [0, 0.1) is 11.3 Å². The Bertz CT molecular complexity index is 235. The molecule has 0 aliphatic carbocycles. The van der Waals surface area contributed by atoms with Crippen LogP contribution in [0.3, 0.4) is 0 Å². The lowest BCUT2D eigenvalue weighted by molar-refractivity contribution is -0.131. The molecule has 102 valence electrons. The molecule has 0 bridgehead atoms. The van der Waals surface area contributed by atoms with Crippen molar-refractivity contribution in [2.75, 3.05) is 27.2 Å². The number of hydrogen-bond acceptors (Lipinski definition) is 3. The van der Waals surface area contributed by atoms with Gasteiger partial charge in [0.1, 0.15) is 0 Å². The normalized spacial score (nSPS) is 17.0. The van der Waals surface area contributed by atoms with Gasteiger partial charge >= 0.3 is 0 Å². The van der Waals surface area contributed by atoms with E-state index in [1.165, 1.54) is 0 Å². The van der Waals surface area contributed by atoms with Crippen LogP contribution in [0.1, 0.15) is 34.1 Å². The van der Waals surface area contributed by atoms with Crippen LogP contribution < -0.4 is 11.1 Å². The number of likely N-dealkylation sites (N-methyl/N-ethyl adjacent to an activating group) is 1. The zero-order valence-corrected chi connectivity index (χ0v) is 12.2. The second-order valence-corrected chi connectivity index (χ2v) is 5.70. The van der Waals surface area contributed by atoms with Crippen molar-refractivity contribution in [3.63, 3.8) is 0 Å². The number of nitrogens with zero attached hydrogens (tertiary/aromatic N) is 1. The average Bonchev–Trinajstić information content (AvgIpc) is 2.26. The standard InChI is InChI=1S/C13H29N3O/c1-7-13(4,9-14)12(17)15-11(10(2)3)8-16(5)6/h10-11H,7-9,14H2,1-6H3,(H,15,17). The number of hydrogen-bond donors (Lipinski definition) is 2. The van der Waals surface area contributed by atoms with E-state index in [0.717, 1.165) is 13.0 Å². The molecule has 0 aliphatic heterocycles. The number of nitrogens with one attached hydrogen (secondary N) is 1. The summed E-state index contributed by atoms with van der Waals surface area (Å²) in [5.74, 6) is 0.489. The molecule has 17 heavy (non-hydrogen) atoms. The average molecular weight is 243 g/mol. The largest absolute Gasteiger partial charge is 0.351 e. The molecular formula is C13H29N3O. The predicted molar refractivity (Wildman–Crippen MR) is 72.8 cm³/mol. The Morgan fingerprint density at radius 1 is 1.41 bits per heavy atom. The first-order valence-corrected chi connectivity index (χ1v) is 6.42. The van der Waals surface area contributed by atoms with Gasteiger partial charge in [-0.15, -0.1) is 0 Å². The minimum absolute atomic E-state index is 0.0723. The number of carbonyl (C=O) groups is 1. The zero-order valence-electron chi connectivity index (χ0n) is 12.2. The highest BCUT2D eigenvalue weighted by atomic mass is 16.2. The van der Waals surface area contributed by atoms with Crippen molar-refractivity contribution in [2.24, 2.45) is 17.1 Å². The molecular weight excluding hydrogens is 214 g/mol. The van der Waals surface area contributed by atoms with E-state index in [1.807, 2.05) is 27.9 Å². The maximum Gasteiger partial charge on any atom is 0.227 e. The highest BCUT2D eigenvalue weighted by Crippen LogP contribution is 2.20. The SMILES string of the molecule is CCC(C)(CN)C(=O)NC(CN(C)C)C(C)C. The fourth-order valence-electron chi connectivity index (χ4n) is 1.56. The van der Waals surface area contributed by atoms with Crippen molar-refractivity contribution in [1.82, 2.24) is 10.2 Å². The zero-order chi connectivity index (χ0) is 13.6. The monoisotopic (exact) mass is 243 g/mol. The van der Waals surface area contributed by atoms with E-state index < -0.39 is 5.41 Å². The molecule has 0 saturated heterocycles. The van der Waals surface area contributed by atoms with Crippen molar-refractivity contribution in [1.29, 1.82) is 0 Å². The molecule has 2 atom stereocenters. The van der Waals surface area contributed by atoms with Crippen LogP contribution in [0.15, 0.2) is 0 Å². The van der Waals surface area contributed by atoms with Gasteiger partial charge in [-0.1, -0.05) is 20.8 Å². The molecule has 0 heterocycles. The Morgan fingerprint density at radius 3 is 2.24 bits per heavy atom. The van der Waals surface area contributed by atoms with Crippen LogP contribution >= 0.6 is 0 Å². The van der Waals surface area contributed by atoms with Crippen molar-refractivity contribution >= 4 is 5.91 Å². The Balaban J connectivity index is 4.60. The Morgan fingerprint density at radius 2 is 1.94 bits per heavy atom. The topological polar surface area (TPSA) is 58.4 Å². The first kappa shape index (κ1) is 16.4. The van der Waals surface area contributed by atoms with Gasteiger partial charge in [0.05, 0.1) is 5.41 Å². The minimum Gasteiger partial charge on any atom is -0.351 e. The van der Waals surface area contributed by atoms with Crippen molar-refractivity contribution in [2.45, 2.75) is 40.2 Å². The summed E-state index contributed by atoms with van der Waals surface area (Å²) in [4.78, 5) is 14.3. The molecule has 1 amide bonds. The summed E-state index contributed by atoms with van der Waals surface area (Å²) in [6.07, 6.45) is 0.766. The quantitative estimate of drug-likeness (QED) is 0.703. The fraction of sp³-hybridized carbons (Fsp3) is 0.923. The third-order valence-corrected chi connectivity index (χ3v) is 3.46. The number of nitrogens with two attached hydrogens (primary N) is 1. The lowest BCUT2D eigenvalue weighted by atomic mass is 9.86. The Labute approximate surface area is 106 Å². The number of amides is 1. The van der Waals surface area contributed by atoms with Gasteiger partial charge in [0.15, 0.2) is 0 Å². The highest BCUT2D eigenvalue weighted by Gasteiger charge is 2.31. The van der Waals surface area contributed by atoms with E-state index in [1.54, 1.807) is 0 Å². The second kappa shape index (κ2) is 6.97. The number of rotatable bonds is 7. The van der Waals surface area contributed by atoms with Gasteiger partial charge in [-0.3, -0.25) is 4.79 Å². The fourth-order valence-corrected chi connectivity index (χ4v) is 1.56. The first-order valence-electron chi connectivity index (χ1n) is 6.42. The van der Waals surface area contributed by atoms with Gasteiger partial charge in [-0.2, -0.15) is 0 Å². The van der Waals surface area contributed by atoms with Crippen LogP contribution in [0.4, 0.5) is 0 Å². The molecule has 0 fully saturated rings. The van der Waals surface area contributed by atoms with Gasteiger partial charge < -0.3 is 16.0 Å². The maximum absolute atomic E-state index is 12.2. The summed E-state index contributed by atoms with van der Waals surface area (Å²) >= 11 is 0. The predicted octanol–water partition coefficient (Wildman–Crippen LogP) is 1.06. The highest BCUT2D eigenvalue weighted by molar-refractivity contribution is 5.82.